The molecule has 0 spiro atoms. The van der Waals surface area contributed by atoms with Crippen molar-refractivity contribution in [3.63, 3.8) is 0 Å². The maximum atomic E-state index is 10.1. The molecule has 4 nitrogen and oxygen atoms in total. The van der Waals surface area contributed by atoms with Gasteiger partial charge < -0.3 is 0 Å². The zero-order chi connectivity index (χ0) is 10.8. The number of carbonyl (C=O) groups is 1. The molecule has 0 unspecified atom stereocenters. The predicted molar refractivity (Wildman–Crippen MR) is 64.9 cm³/mol. The molecule has 0 fully saturated rings. The highest BCUT2D eigenvalue weighted by Gasteiger charge is 2.06. The predicted octanol–water partition coefficient (Wildman–Crippen LogP) is 2.44. The summed E-state index contributed by atoms with van der Waals surface area (Å²) in [5.41, 5.74) is 7.14. The van der Waals surface area contributed by atoms with Crippen LogP contribution in [0, 0.1) is 6.92 Å². The van der Waals surface area contributed by atoms with Crippen LogP contribution in [0.3, 0.4) is 0 Å². The summed E-state index contributed by atoms with van der Waals surface area (Å²) in [6.07, 6.45) is 0.576. The number of hydrogen-bond acceptors (Lipinski definition) is 4. The number of anilines is 1. The number of aryl methyl sites for hydroxylation is 1. The quantitative estimate of drug-likeness (QED) is 0.673. The van der Waals surface area contributed by atoms with Crippen molar-refractivity contribution < 1.29 is 4.79 Å². The van der Waals surface area contributed by atoms with Crippen LogP contribution < -0.4 is 10.9 Å². The monoisotopic (exact) mass is 285 g/mol. The van der Waals surface area contributed by atoms with Gasteiger partial charge in [-0.05, 0) is 40.5 Å². The molecular weight excluding hydrogens is 278 g/mol. The van der Waals surface area contributed by atoms with Crippen molar-refractivity contribution >= 4 is 49.0 Å². The zero-order valence-corrected chi connectivity index (χ0v) is 10.3. The van der Waals surface area contributed by atoms with Crippen LogP contribution >= 0.6 is 27.3 Å². The number of fused-ring (bicyclic) bond motifs is 1. The largest absolute Gasteiger partial charge is 0.277 e. The van der Waals surface area contributed by atoms with Crippen molar-refractivity contribution in [2.45, 2.75) is 6.92 Å². The van der Waals surface area contributed by atoms with Gasteiger partial charge in [0.1, 0.15) is 0 Å². The van der Waals surface area contributed by atoms with Crippen molar-refractivity contribution in [3.05, 3.63) is 22.2 Å². The van der Waals surface area contributed by atoms with Crippen LogP contribution in [0.2, 0.25) is 0 Å². The van der Waals surface area contributed by atoms with Gasteiger partial charge in [-0.25, -0.2) is 4.98 Å². The van der Waals surface area contributed by atoms with E-state index in [1.165, 1.54) is 16.9 Å². The molecule has 78 valence electrons. The van der Waals surface area contributed by atoms with Crippen molar-refractivity contribution in [3.8, 4) is 0 Å². The number of amides is 1. The summed E-state index contributed by atoms with van der Waals surface area (Å²) in [5, 5.41) is 0.670. The van der Waals surface area contributed by atoms with Gasteiger partial charge in [0.2, 0.25) is 11.5 Å². The van der Waals surface area contributed by atoms with Crippen LogP contribution in [-0.4, -0.2) is 11.4 Å². The molecule has 2 aromatic rings. The number of hydrogen-bond donors (Lipinski definition) is 2. The number of thiazole rings is 1. The van der Waals surface area contributed by atoms with Crippen LogP contribution in [0.25, 0.3) is 10.2 Å². The Hall–Kier alpha value is -1.14. The van der Waals surface area contributed by atoms with Crippen molar-refractivity contribution in [1.29, 1.82) is 0 Å². The first-order chi connectivity index (χ1) is 7.20. The summed E-state index contributed by atoms with van der Waals surface area (Å²) >= 11 is 4.95. The highest BCUT2D eigenvalue weighted by molar-refractivity contribution is 9.10. The lowest BCUT2D eigenvalue weighted by Crippen LogP contribution is -2.18. The third-order valence-electron chi connectivity index (χ3n) is 1.83. The second-order valence-electron chi connectivity index (χ2n) is 3.00. The van der Waals surface area contributed by atoms with Crippen LogP contribution in [0.1, 0.15) is 5.56 Å². The van der Waals surface area contributed by atoms with Gasteiger partial charge in [-0.2, -0.15) is 0 Å². The Morgan fingerprint density at radius 3 is 3.07 bits per heavy atom. The van der Waals surface area contributed by atoms with E-state index in [2.05, 4.69) is 37.8 Å². The van der Waals surface area contributed by atoms with E-state index in [1.54, 1.807) is 0 Å². The number of aromatic nitrogens is 1. The summed E-state index contributed by atoms with van der Waals surface area (Å²) < 4.78 is 2.05. The van der Waals surface area contributed by atoms with E-state index in [-0.39, 0.29) is 0 Å². The Balaban J connectivity index is 2.45. The van der Waals surface area contributed by atoms with Gasteiger partial charge in [0.15, 0.2) is 0 Å². The molecule has 0 aliphatic rings. The van der Waals surface area contributed by atoms with E-state index in [0.29, 0.717) is 11.5 Å². The highest BCUT2D eigenvalue weighted by atomic mass is 79.9. The smallest absolute Gasteiger partial charge is 0.225 e. The number of nitrogens with zero attached hydrogens (tertiary/aromatic N) is 1. The molecule has 15 heavy (non-hydrogen) atoms. The SMILES string of the molecule is Cc1cc(Br)c2nc(NNC=O)sc2c1. The maximum Gasteiger partial charge on any atom is 0.225 e. The summed E-state index contributed by atoms with van der Waals surface area (Å²) in [5.74, 6) is 0. The van der Waals surface area contributed by atoms with Gasteiger partial charge in [-0.15, -0.1) is 0 Å². The van der Waals surface area contributed by atoms with E-state index in [0.717, 1.165) is 14.7 Å². The van der Waals surface area contributed by atoms with E-state index in [9.17, 15) is 4.79 Å². The van der Waals surface area contributed by atoms with E-state index in [4.69, 9.17) is 0 Å². The van der Waals surface area contributed by atoms with Crippen LogP contribution in [0.4, 0.5) is 5.13 Å². The molecule has 0 atom stereocenters. The normalized spacial score (nSPS) is 10.3. The molecule has 1 aromatic carbocycles. The fraction of sp³-hybridized carbons (Fsp3) is 0.111. The molecule has 1 amide bonds. The summed E-state index contributed by atoms with van der Waals surface area (Å²) in [7, 11) is 0. The summed E-state index contributed by atoms with van der Waals surface area (Å²) in [6, 6.07) is 4.07. The number of nitrogens with one attached hydrogen (secondary N) is 2. The van der Waals surface area contributed by atoms with Crippen LogP contribution in [0.5, 0.6) is 0 Å². The van der Waals surface area contributed by atoms with E-state index in [1.807, 2.05) is 13.0 Å². The second kappa shape index (κ2) is 4.16. The molecule has 2 N–H and O–H groups in total. The fourth-order valence-electron chi connectivity index (χ4n) is 1.26. The van der Waals surface area contributed by atoms with Crippen LogP contribution in [0.15, 0.2) is 16.6 Å². The molecule has 6 heteroatoms. The zero-order valence-electron chi connectivity index (χ0n) is 7.87. The number of halogens is 1. The summed E-state index contributed by atoms with van der Waals surface area (Å²) in [6.45, 7) is 2.03. The van der Waals surface area contributed by atoms with E-state index >= 15 is 0 Å². The van der Waals surface area contributed by atoms with Gasteiger partial charge in [0, 0.05) is 4.47 Å². The molecule has 0 aliphatic carbocycles. The lowest BCUT2D eigenvalue weighted by atomic mass is 10.2. The Kier molecular flexibility index (Phi) is 2.88. The van der Waals surface area contributed by atoms with Gasteiger partial charge in [0.05, 0.1) is 10.2 Å². The first-order valence-corrected chi connectivity index (χ1v) is 5.83. The topological polar surface area (TPSA) is 54.0 Å². The number of rotatable bonds is 3. The fourth-order valence-corrected chi connectivity index (χ4v) is 3.01. The molecular formula is C9H8BrN3OS. The van der Waals surface area contributed by atoms with Gasteiger partial charge in [0.25, 0.3) is 0 Å². The standard InChI is InChI=1S/C9H8BrN3OS/c1-5-2-6(10)8-7(3-5)15-9(12-8)13-11-4-14/h2-4H,1H3,(H,11,14)(H,12,13). The Bertz CT molecular complexity index is 511. The van der Waals surface area contributed by atoms with Crippen molar-refractivity contribution in [2.75, 3.05) is 5.43 Å². The lowest BCUT2D eigenvalue weighted by Gasteiger charge is -1.95. The minimum Gasteiger partial charge on any atom is -0.277 e. The Morgan fingerprint density at radius 1 is 1.53 bits per heavy atom. The van der Waals surface area contributed by atoms with Crippen molar-refractivity contribution in [1.82, 2.24) is 10.4 Å². The molecule has 1 aromatic heterocycles. The average molecular weight is 286 g/mol. The second-order valence-corrected chi connectivity index (χ2v) is 4.88. The number of benzene rings is 1. The Labute approximate surface area is 98.8 Å². The lowest BCUT2D eigenvalue weighted by molar-refractivity contribution is -0.109. The minimum absolute atomic E-state index is 0.576. The Morgan fingerprint density at radius 2 is 2.33 bits per heavy atom. The van der Waals surface area contributed by atoms with Crippen molar-refractivity contribution in [2.24, 2.45) is 0 Å². The van der Waals surface area contributed by atoms with Gasteiger partial charge in [-0.3, -0.25) is 15.6 Å². The average Bonchev–Trinajstić information content (AvgIpc) is 2.57. The molecule has 0 radical (unpaired) electrons. The van der Waals surface area contributed by atoms with Gasteiger partial charge in [-0.1, -0.05) is 11.3 Å². The van der Waals surface area contributed by atoms with E-state index < -0.39 is 0 Å². The van der Waals surface area contributed by atoms with Gasteiger partial charge >= 0.3 is 0 Å². The molecule has 0 aliphatic heterocycles. The van der Waals surface area contributed by atoms with Crippen LogP contribution in [-0.2, 0) is 4.79 Å². The first-order valence-electron chi connectivity index (χ1n) is 4.22. The maximum absolute atomic E-state index is 10.1. The minimum atomic E-state index is 0.576. The molecule has 0 saturated heterocycles. The highest BCUT2D eigenvalue weighted by Crippen LogP contribution is 2.31. The molecule has 0 bridgehead atoms. The molecule has 1 heterocycles. The molecule has 2 rings (SSSR count). The number of carbonyl (C=O) groups excluding carboxylic acids is 1. The molecule has 0 saturated carbocycles. The third-order valence-corrected chi connectivity index (χ3v) is 3.35. The summed E-state index contributed by atoms with van der Waals surface area (Å²) in [4.78, 5) is 14.4. The number of hydrazine groups is 1. The third kappa shape index (κ3) is 2.10. The first kappa shape index (κ1) is 10.4.